The van der Waals surface area contributed by atoms with Crippen molar-refractivity contribution >= 4 is 51.6 Å². The van der Waals surface area contributed by atoms with Crippen LogP contribution in [0.5, 0.6) is 0 Å². The highest BCUT2D eigenvalue weighted by Gasteiger charge is 2.20. The molecule has 0 amide bonds. The predicted molar refractivity (Wildman–Crippen MR) is 69.8 cm³/mol. The van der Waals surface area contributed by atoms with Crippen LogP contribution in [0, 0.1) is 5.92 Å². The zero-order chi connectivity index (χ0) is 8.97. The van der Waals surface area contributed by atoms with Gasteiger partial charge in [0.25, 0.3) is 0 Å². The summed E-state index contributed by atoms with van der Waals surface area (Å²) in [6, 6.07) is 0. The fourth-order valence-electron chi connectivity index (χ4n) is 1.73. The second-order valence-corrected chi connectivity index (χ2v) is 5.18. The normalized spacial score (nSPS) is 21.1. The first-order valence-electron chi connectivity index (χ1n) is 4.34. The molecule has 0 aliphatic heterocycles. The maximum atomic E-state index is 4.32. The van der Waals surface area contributed by atoms with Gasteiger partial charge in [-0.15, -0.1) is 0 Å². The molecule has 1 aliphatic carbocycles. The van der Waals surface area contributed by atoms with E-state index >= 15 is 0 Å². The largest absolute Gasteiger partial charge is 0.305 e. The van der Waals surface area contributed by atoms with Gasteiger partial charge in [-0.25, -0.2) is 3.21 Å². The molecule has 0 radical (unpaired) electrons. The Hall–Kier alpha value is 0.930. The Labute approximate surface area is 102 Å². The van der Waals surface area contributed by atoms with Crippen LogP contribution in [0.25, 0.3) is 0 Å². The van der Waals surface area contributed by atoms with Crippen molar-refractivity contribution in [1.29, 1.82) is 0 Å². The summed E-state index contributed by atoms with van der Waals surface area (Å²) in [6.45, 7) is 0. The molecule has 0 N–H and O–H groups in total. The molecule has 12 heavy (non-hydrogen) atoms. The van der Waals surface area contributed by atoms with E-state index in [4.69, 9.17) is 0 Å². The first-order chi connectivity index (χ1) is 5.75. The second-order valence-electron chi connectivity index (χ2n) is 3.25. The Balaban J connectivity index is 2.53. The minimum absolute atomic E-state index is 0.720. The zero-order valence-corrected chi connectivity index (χ0v) is 11.6. The van der Waals surface area contributed by atoms with Gasteiger partial charge in [0.2, 0.25) is 0 Å². The van der Waals surface area contributed by atoms with Crippen molar-refractivity contribution in [1.82, 2.24) is 3.11 Å². The highest BCUT2D eigenvalue weighted by atomic mass is 127. The number of rotatable bonds is 1. The van der Waals surface area contributed by atoms with Crippen LogP contribution < -0.4 is 0 Å². The Kier molecular flexibility index (Phi) is 5.15. The summed E-state index contributed by atoms with van der Waals surface area (Å²) in [4.78, 5) is 0. The molecule has 0 atom stereocenters. The van der Waals surface area contributed by atoms with E-state index in [0.717, 1.165) is 5.92 Å². The van der Waals surface area contributed by atoms with Crippen molar-refractivity contribution in [3.05, 3.63) is 0 Å². The van der Waals surface area contributed by atoms with Crippen LogP contribution in [0.4, 0.5) is 0 Å². The Morgan fingerprint density at radius 1 is 1.33 bits per heavy atom. The quantitative estimate of drug-likeness (QED) is 0.288. The SMILES string of the molecule is CN(I)/C(=N\I)C1CCCCC1. The number of hydrogen-bond acceptors (Lipinski definition) is 1. The molecule has 1 aliphatic rings. The lowest BCUT2D eigenvalue weighted by molar-refractivity contribution is 0.427. The molecule has 0 aromatic heterocycles. The molecule has 0 unspecified atom stereocenters. The molecule has 0 aromatic rings. The molecule has 0 spiro atoms. The third-order valence-corrected chi connectivity index (χ3v) is 3.36. The molecule has 1 rings (SSSR count). The van der Waals surface area contributed by atoms with Crippen molar-refractivity contribution in [2.45, 2.75) is 32.1 Å². The van der Waals surface area contributed by atoms with Gasteiger partial charge in [-0.05, 0) is 12.8 Å². The number of amidine groups is 1. The zero-order valence-electron chi connectivity index (χ0n) is 7.26. The third kappa shape index (κ3) is 3.01. The monoisotopic (exact) mass is 392 g/mol. The summed E-state index contributed by atoms with van der Waals surface area (Å²) in [7, 11) is 2.08. The van der Waals surface area contributed by atoms with Crippen LogP contribution in [-0.2, 0) is 0 Å². The van der Waals surface area contributed by atoms with Gasteiger partial charge < -0.3 is 3.11 Å². The average molecular weight is 392 g/mol. The van der Waals surface area contributed by atoms with Crippen LogP contribution in [0.2, 0.25) is 0 Å². The molecule has 0 bridgehead atoms. The summed E-state index contributed by atoms with van der Waals surface area (Å²) < 4.78 is 6.44. The van der Waals surface area contributed by atoms with Crippen LogP contribution in [0.15, 0.2) is 3.21 Å². The lowest BCUT2D eigenvalue weighted by Crippen LogP contribution is -2.26. The number of hydrogen-bond donors (Lipinski definition) is 0. The van der Waals surface area contributed by atoms with Crippen LogP contribution >= 0.6 is 45.7 Å². The van der Waals surface area contributed by atoms with Gasteiger partial charge in [-0.3, -0.25) is 0 Å². The fraction of sp³-hybridized carbons (Fsp3) is 0.875. The lowest BCUT2D eigenvalue weighted by Gasteiger charge is -2.25. The first kappa shape index (κ1) is 11.0. The Morgan fingerprint density at radius 3 is 2.33 bits per heavy atom. The van der Waals surface area contributed by atoms with E-state index in [9.17, 15) is 0 Å². The molecular weight excluding hydrogens is 378 g/mol. The second kappa shape index (κ2) is 5.62. The molecule has 0 aromatic carbocycles. The molecule has 2 nitrogen and oxygen atoms in total. The van der Waals surface area contributed by atoms with E-state index < -0.39 is 0 Å². The molecule has 70 valence electrons. The molecular formula is C8H14I2N2. The van der Waals surface area contributed by atoms with Gasteiger partial charge in [0.1, 0.15) is 5.84 Å². The van der Waals surface area contributed by atoms with E-state index in [-0.39, 0.29) is 0 Å². The van der Waals surface area contributed by atoms with Gasteiger partial charge in [0.05, 0.1) is 45.7 Å². The molecule has 1 fully saturated rings. The lowest BCUT2D eigenvalue weighted by atomic mass is 9.88. The highest BCUT2D eigenvalue weighted by Crippen LogP contribution is 2.27. The summed E-state index contributed by atoms with van der Waals surface area (Å²) in [5.74, 6) is 1.98. The molecule has 1 saturated carbocycles. The summed E-state index contributed by atoms with van der Waals surface area (Å²) in [5, 5.41) is 0. The summed E-state index contributed by atoms with van der Waals surface area (Å²) in [6.07, 6.45) is 6.83. The van der Waals surface area contributed by atoms with Crippen molar-refractivity contribution in [3.63, 3.8) is 0 Å². The number of halogens is 2. The van der Waals surface area contributed by atoms with Crippen molar-refractivity contribution in [2.24, 2.45) is 9.12 Å². The van der Waals surface area contributed by atoms with E-state index in [1.165, 1.54) is 37.9 Å². The van der Waals surface area contributed by atoms with E-state index in [0.29, 0.717) is 0 Å². The van der Waals surface area contributed by atoms with Crippen LogP contribution in [-0.4, -0.2) is 16.0 Å². The average Bonchev–Trinajstić information content (AvgIpc) is 2.07. The van der Waals surface area contributed by atoms with Gasteiger partial charge in [0, 0.05) is 13.0 Å². The predicted octanol–water partition coefficient (Wildman–Crippen LogP) is 3.60. The first-order valence-corrected chi connectivity index (χ1v) is 6.27. The van der Waals surface area contributed by atoms with E-state index in [2.05, 4.69) is 59.1 Å². The van der Waals surface area contributed by atoms with E-state index in [1.807, 2.05) is 0 Å². The highest BCUT2D eigenvalue weighted by molar-refractivity contribution is 14.1. The Morgan fingerprint density at radius 2 is 1.92 bits per heavy atom. The molecule has 4 heteroatoms. The van der Waals surface area contributed by atoms with Crippen LogP contribution in [0.3, 0.4) is 0 Å². The minimum atomic E-state index is 0.720. The fourth-order valence-corrected chi connectivity index (χ4v) is 3.37. The molecule has 0 heterocycles. The maximum Gasteiger partial charge on any atom is 0.122 e. The van der Waals surface area contributed by atoms with E-state index in [1.54, 1.807) is 0 Å². The molecule has 0 saturated heterocycles. The van der Waals surface area contributed by atoms with Gasteiger partial charge in [0.15, 0.2) is 0 Å². The van der Waals surface area contributed by atoms with Gasteiger partial charge >= 0.3 is 0 Å². The Bertz CT molecular complexity index is 162. The minimum Gasteiger partial charge on any atom is -0.305 e. The van der Waals surface area contributed by atoms with Crippen LogP contribution in [0.1, 0.15) is 32.1 Å². The summed E-state index contributed by atoms with van der Waals surface area (Å²) in [5.41, 5.74) is 0. The maximum absolute atomic E-state index is 4.32. The van der Waals surface area contributed by atoms with Crippen molar-refractivity contribution in [3.8, 4) is 0 Å². The number of nitrogens with zero attached hydrogens (tertiary/aromatic N) is 2. The third-order valence-electron chi connectivity index (χ3n) is 2.37. The van der Waals surface area contributed by atoms with Crippen molar-refractivity contribution in [2.75, 3.05) is 7.05 Å². The standard InChI is InChI=1S/C8H14I2N2/c1-12(10)8(11-9)7-5-3-2-4-6-7/h7H,2-6H2,1H3/b11-8-. The van der Waals surface area contributed by atoms with Crippen molar-refractivity contribution < 1.29 is 0 Å². The summed E-state index contributed by atoms with van der Waals surface area (Å²) >= 11 is 4.41. The smallest absolute Gasteiger partial charge is 0.122 e. The van der Waals surface area contributed by atoms with Gasteiger partial charge in [-0.2, -0.15) is 0 Å². The van der Waals surface area contributed by atoms with Gasteiger partial charge in [-0.1, -0.05) is 19.3 Å². The topological polar surface area (TPSA) is 15.6 Å².